The average Bonchev–Trinajstić information content (AvgIpc) is 2.70. The van der Waals surface area contributed by atoms with Crippen molar-refractivity contribution in [3.63, 3.8) is 0 Å². The molecule has 0 heterocycles. The summed E-state index contributed by atoms with van der Waals surface area (Å²) in [6, 6.07) is 12.3. The molecule has 0 aliphatic rings. The van der Waals surface area contributed by atoms with Crippen LogP contribution in [0.3, 0.4) is 0 Å². The molecule has 154 valence electrons. The number of benzene rings is 2. The number of halogens is 1. The molecule has 0 N–H and O–H groups in total. The number of hydrogen-bond acceptors (Lipinski definition) is 5. The summed E-state index contributed by atoms with van der Waals surface area (Å²) in [5.41, 5.74) is 3.06. The molecule has 0 aromatic heterocycles. The standard InChI is InChI=1S/C23H25ClO5/c1-13-6-11-18(14(2)12-13)21(25)15(3)19(16-7-9-17(24)10-8-16)20(22(26)28-4)23(27)29-5/h6-12,15,19-20H,1-5H3. The topological polar surface area (TPSA) is 69.7 Å². The Morgan fingerprint density at radius 1 is 0.897 bits per heavy atom. The normalized spacial score (nSPS) is 12.9. The van der Waals surface area contributed by atoms with E-state index in [-0.39, 0.29) is 5.78 Å². The van der Waals surface area contributed by atoms with Crippen LogP contribution < -0.4 is 0 Å². The van der Waals surface area contributed by atoms with Gasteiger partial charge in [0.2, 0.25) is 0 Å². The fourth-order valence-electron chi connectivity index (χ4n) is 3.60. The number of ether oxygens (including phenoxy) is 2. The van der Waals surface area contributed by atoms with Crippen LogP contribution in [0.15, 0.2) is 42.5 Å². The van der Waals surface area contributed by atoms with Gasteiger partial charge in [-0.15, -0.1) is 0 Å². The Labute approximate surface area is 176 Å². The predicted molar refractivity (Wildman–Crippen MR) is 111 cm³/mol. The molecule has 0 fully saturated rings. The molecule has 0 aliphatic heterocycles. The maximum atomic E-state index is 13.4. The van der Waals surface area contributed by atoms with Crippen molar-refractivity contribution in [3.05, 3.63) is 69.7 Å². The molecule has 2 aromatic rings. The van der Waals surface area contributed by atoms with Crippen LogP contribution in [0.2, 0.25) is 5.02 Å². The Hall–Kier alpha value is -2.66. The third kappa shape index (κ3) is 5.04. The van der Waals surface area contributed by atoms with E-state index in [9.17, 15) is 14.4 Å². The first kappa shape index (κ1) is 22.6. The molecule has 6 heteroatoms. The van der Waals surface area contributed by atoms with Gasteiger partial charge in [-0.2, -0.15) is 0 Å². The van der Waals surface area contributed by atoms with Crippen LogP contribution in [0.1, 0.15) is 39.9 Å². The lowest BCUT2D eigenvalue weighted by molar-refractivity contribution is -0.160. The summed E-state index contributed by atoms with van der Waals surface area (Å²) in [6.07, 6.45) is 0. The van der Waals surface area contributed by atoms with E-state index in [0.29, 0.717) is 16.1 Å². The molecule has 29 heavy (non-hydrogen) atoms. The SMILES string of the molecule is COC(=O)C(C(=O)OC)C(c1ccc(Cl)cc1)C(C)C(=O)c1ccc(C)cc1C. The van der Waals surface area contributed by atoms with Gasteiger partial charge in [-0.05, 0) is 37.1 Å². The maximum Gasteiger partial charge on any atom is 0.320 e. The number of esters is 2. The summed E-state index contributed by atoms with van der Waals surface area (Å²) in [6.45, 7) is 5.52. The third-order valence-electron chi connectivity index (χ3n) is 5.12. The first-order valence-electron chi connectivity index (χ1n) is 9.23. The van der Waals surface area contributed by atoms with Crippen LogP contribution >= 0.6 is 11.6 Å². The molecule has 0 bridgehead atoms. The van der Waals surface area contributed by atoms with Gasteiger partial charge in [-0.25, -0.2) is 0 Å². The summed E-state index contributed by atoms with van der Waals surface area (Å²) < 4.78 is 9.72. The number of carbonyl (C=O) groups is 3. The Bertz CT molecular complexity index is 888. The number of rotatable bonds is 7. The first-order chi connectivity index (χ1) is 13.7. The fourth-order valence-corrected chi connectivity index (χ4v) is 3.72. The molecule has 0 amide bonds. The van der Waals surface area contributed by atoms with E-state index in [1.54, 1.807) is 37.3 Å². The van der Waals surface area contributed by atoms with Crippen molar-refractivity contribution in [2.24, 2.45) is 11.8 Å². The van der Waals surface area contributed by atoms with Gasteiger partial charge in [0.25, 0.3) is 0 Å². The number of methoxy groups -OCH3 is 2. The van der Waals surface area contributed by atoms with Crippen molar-refractivity contribution in [1.29, 1.82) is 0 Å². The zero-order valence-electron chi connectivity index (χ0n) is 17.2. The average molecular weight is 417 g/mol. The van der Waals surface area contributed by atoms with Crippen molar-refractivity contribution in [3.8, 4) is 0 Å². The van der Waals surface area contributed by atoms with Crippen molar-refractivity contribution < 1.29 is 23.9 Å². The summed E-state index contributed by atoms with van der Waals surface area (Å²) >= 11 is 6.00. The van der Waals surface area contributed by atoms with Gasteiger partial charge in [-0.3, -0.25) is 14.4 Å². The lowest BCUT2D eigenvalue weighted by Crippen LogP contribution is -2.37. The van der Waals surface area contributed by atoms with Crippen LogP contribution in [0.25, 0.3) is 0 Å². The molecule has 0 radical (unpaired) electrons. The van der Waals surface area contributed by atoms with Gasteiger partial charge in [0, 0.05) is 22.4 Å². The number of Topliss-reactive ketones (excluding diaryl/α,β-unsaturated/α-hetero) is 1. The maximum absolute atomic E-state index is 13.4. The summed E-state index contributed by atoms with van der Waals surface area (Å²) in [7, 11) is 2.40. The Morgan fingerprint density at radius 3 is 1.93 bits per heavy atom. The molecule has 2 rings (SSSR count). The molecule has 0 aliphatic carbocycles. The summed E-state index contributed by atoms with van der Waals surface area (Å²) in [5, 5.41) is 0.508. The second-order valence-corrected chi connectivity index (χ2v) is 7.51. The second kappa shape index (κ2) is 9.70. The van der Waals surface area contributed by atoms with E-state index in [1.807, 2.05) is 26.0 Å². The highest BCUT2D eigenvalue weighted by Crippen LogP contribution is 2.37. The van der Waals surface area contributed by atoms with Crippen LogP contribution in [-0.4, -0.2) is 31.9 Å². The van der Waals surface area contributed by atoms with Crippen molar-refractivity contribution >= 4 is 29.3 Å². The van der Waals surface area contributed by atoms with Crippen molar-refractivity contribution in [1.82, 2.24) is 0 Å². The molecule has 2 aromatic carbocycles. The Balaban J connectivity index is 2.58. The molecular weight excluding hydrogens is 392 g/mol. The van der Waals surface area contributed by atoms with E-state index in [2.05, 4.69) is 0 Å². The van der Waals surface area contributed by atoms with Crippen molar-refractivity contribution in [2.75, 3.05) is 14.2 Å². The third-order valence-corrected chi connectivity index (χ3v) is 5.38. The highest BCUT2D eigenvalue weighted by Gasteiger charge is 2.43. The number of aryl methyl sites for hydroxylation is 2. The zero-order valence-corrected chi connectivity index (χ0v) is 17.9. The van der Waals surface area contributed by atoms with E-state index >= 15 is 0 Å². The quantitative estimate of drug-likeness (QED) is 0.377. The monoisotopic (exact) mass is 416 g/mol. The Morgan fingerprint density at radius 2 is 1.45 bits per heavy atom. The van der Waals surface area contributed by atoms with Crippen LogP contribution in [0.4, 0.5) is 0 Å². The molecule has 2 unspecified atom stereocenters. The second-order valence-electron chi connectivity index (χ2n) is 7.07. The number of hydrogen-bond donors (Lipinski definition) is 0. The minimum atomic E-state index is -1.28. The molecular formula is C23H25ClO5. The van der Waals surface area contributed by atoms with Gasteiger partial charge in [0.15, 0.2) is 11.7 Å². The van der Waals surface area contributed by atoms with Crippen LogP contribution in [0.5, 0.6) is 0 Å². The lowest BCUT2D eigenvalue weighted by atomic mass is 9.74. The highest BCUT2D eigenvalue weighted by molar-refractivity contribution is 6.30. The van der Waals surface area contributed by atoms with E-state index in [1.165, 1.54) is 14.2 Å². The smallest absolute Gasteiger partial charge is 0.320 e. The van der Waals surface area contributed by atoms with Gasteiger partial charge in [0.1, 0.15) is 0 Å². The summed E-state index contributed by atoms with van der Waals surface area (Å²) in [5.74, 6) is -4.42. The largest absolute Gasteiger partial charge is 0.468 e. The Kier molecular flexibility index (Phi) is 7.57. The highest BCUT2D eigenvalue weighted by atomic mass is 35.5. The van der Waals surface area contributed by atoms with E-state index < -0.39 is 29.7 Å². The fraction of sp³-hybridized carbons (Fsp3) is 0.348. The van der Waals surface area contributed by atoms with Gasteiger partial charge < -0.3 is 9.47 Å². The van der Waals surface area contributed by atoms with Crippen molar-refractivity contribution in [2.45, 2.75) is 26.7 Å². The minimum absolute atomic E-state index is 0.166. The lowest BCUT2D eigenvalue weighted by Gasteiger charge is -2.29. The summed E-state index contributed by atoms with van der Waals surface area (Å²) in [4.78, 5) is 38.4. The molecule has 0 spiro atoms. The number of carbonyl (C=O) groups excluding carboxylic acids is 3. The zero-order chi connectivity index (χ0) is 21.7. The van der Waals surface area contributed by atoms with Crippen LogP contribution in [0, 0.1) is 25.7 Å². The molecule has 5 nitrogen and oxygen atoms in total. The number of ketones is 1. The predicted octanol–water partition coefficient (Wildman–Crippen LogP) is 4.52. The molecule has 0 saturated carbocycles. The van der Waals surface area contributed by atoms with Gasteiger partial charge in [0.05, 0.1) is 14.2 Å². The van der Waals surface area contributed by atoms with E-state index in [4.69, 9.17) is 21.1 Å². The molecule has 0 saturated heterocycles. The minimum Gasteiger partial charge on any atom is -0.468 e. The van der Waals surface area contributed by atoms with Gasteiger partial charge in [-0.1, -0.05) is 54.4 Å². The van der Waals surface area contributed by atoms with Gasteiger partial charge >= 0.3 is 11.9 Å². The van der Waals surface area contributed by atoms with Crippen LogP contribution in [-0.2, 0) is 19.1 Å². The van der Waals surface area contributed by atoms with E-state index in [0.717, 1.165) is 11.1 Å². The first-order valence-corrected chi connectivity index (χ1v) is 9.61. The molecule has 2 atom stereocenters.